The Morgan fingerprint density at radius 3 is 1.85 bits per heavy atom. The highest BCUT2D eigenvalue weighted by Crippen LogP contribution is 2.29. The van der Waals surface area contributed by atoms with Gasteiger partial charge in [-0.05, 0) is 5.53 Å². The summed E-state index contributed by atoms with van der Waals surface area (Å²) in [6.45, 7) is 4.06. The van der Waals surface area contributed by atoms with Crippen LogP contribution in [0.4, 0.5) is 0 Å². The smallest absolute Gasteiger partial charge is 0.303 e. The van der Waals surface area contributed by atoms with Crippen LogP contribution >= 0.6 is 0 Å². The Balaban J connectivity index is 3.28. The van der Waals surface area contributed by atoms with E-state index in [0.29, 0.717) is 0 Å². The minimum atomic E-state index is -1.40. The van der Waals surface area contributed by atoms with Crippen molar-refractivity contribution in [3.05, 3.63) is 10.4 Å². The van der Waals surface area contributed by atoms with Crippen LogP contribution < -0.4 is 0 Å². The van der Waals surface area contributed by atoms with E-state index in [1.165, 1.54) is 0 Å². The standard InChI is InChI=1S/C14H19N3O9/c1-6(18)22-5-10-11(23-7(2)19)12(24-8(3)20)13(25-9(4)21)14(26-10)16-17-15/h10-14H,5H2,1-4H3/t10-,11?,12?,13-,14-/m1/s1. The molecule has 2 unspecified atom stereocenters. The SMILES string of the molecule is CC(=O)OC[C@H]1O[C@@H](N=[N+]=[N-])[C@H](OC(C)=O)C(OC(C)=O)C1OC(C)=O. The largest absolute Gasteiger partial charge is 0.463 e. The summed E-state index contributed by atoms with van der Waals surface area (Å²) in [5.41, 5.74) is 8.71. The summed E-state index contributed by atoms with van der Waals surface area (Å²) in [5.74, 6) is -2.92. The van der Waals surface area contributed by atoms with Crippen molar-refractivity contribution < 1.29 is 42.9 Å². The van der Waals surface area contributed by atoms with Gasteiger partial charge in [-0.2, -0.15) is 0 Å². The van der Waals surface area contributed by atoms with E-state index in [4.69, 9.17) is 29.2 Å². The highest BCUT2D eigenvalue weighted by Gasteiger charge is 2.51. The summed E-state index contributed by atoms with van der Waals surface area (Å²) >= 11 is 0. The summed E-state index contributed by atoms with van der Waals surface area (Å²) in [5, 5.41) is 3.38. The lowest BCUT2D eigenvalue weighted by molar-refractivity contribution is -0.251. The van der Waals surface area contributed by atoms with E-state index in [2.05, 4.69) is 10.0 Å². The van der Waals surface area contributed by atoms with Gasteiger partial charge < -0.3 is 23.7 Å². The van der Waals surface area contributed by atoms with Crippen LogP contribution in [0.1, 0.15) is 27.7 Å². The fraction of sp³-hybridized carbons (Fsp3) is 0.714. The highest BCUT2D eigenvalue weighted by atomic mass is 16.7. The van der Waals surface area contributed by atoms with Crippen molar-refractivity contribution in [2.24, 2.45) is 5.11 Å². The molecule has 144 valence electrons. The molecule has 0 bridgehead atoms. The van der Waals surface area contributed by atoms with Gasteiger partial charge in [-0.3, -0.25) is 19.2 Å². The number of esters is 4. The van der Waals surface area contributed by atoms with E-state index in [9.17, 15) is 19.2 Å². The van der Waals surface area contributed by atoms with Crippen LogP contribution in [0.2, 0.25) is 0 Å². The lowest BCUT2D eigenvalue weighted by Crippen LogP contribution is -2.61. The molecule has 1 heterocycles. The lowest BCUT2D eigenvalue weighted by atomic mass is 9.97. The zero-order chi connectivity index (χ0) is 19.9. The first-order valence-electron chi connectivity index (χ1n) is 7.50. The fourth-order valence-electron chi connectivity index (χ4n) is 2.35. The number of carbonyl (C=O) groups is 4. The Labute approximate surface area is 148 Å². The maximum atomic E-state index is 11.5. The van der Waals surface area contributed by atoms with Crippen molar-refractivity contribution in [2.75, 3.05) is 6.61 Å². The zero-order valence-electron chi connectivity index (χ0n) is 14.6. The molecule has 0 saturated carbocycles. The zero-order valence-corrected chi connectivity index (χ0v) is 14.6. The third kappa shape index (κ3) is 6.22. The quantitative estimate of drug-likeness (QED) is 0.210. The molecule has 0 amide bonds. The predicted molar refractivity (Wildman–Crippen MR) is 81.1 cm³/mol. The Bertz CT molecular complexity index is 617. The average Bonchev–Trinajstić information content (AvgIpc) is 2.50. The first-order chi connectivity index (χ1) is 12.1. The first kappa shape index (κ1) is 21.2. The van der Waals surface area contributed by atoms with Crippen LogP contribution in [-0.2, 0) is 42.9 Å². The molecule has 5 atom stereocenters. The van der Waals surface area contributed by atoms with Gasteiger partial charge in [0.2, 0.25) is 0 Å². The third-order valence-electron chi connectivity index (χ3n) is 3.13. The summed E-state index contributed by atoms with van der Waals surface area (Å²) in [6, 6.07) is 0. The molecule has 1 aliphatic rings. The van der Waals surface area contributed by atoms with Crippen molar-refractivity contribution in [3.63, 3.8) is 0 Å². The minimum Gasteiger partial charge on any atom is -0.463 e. The Hall–Kier alpha value is -2.85. The number of carbonyl (C=O) groups excluding carboxylic acids is 4. The number of nitrogens with zero attached hydrogens (tertiary/aromatic N) is 3. The normalized spacial score (nSPS) is 27.5. The topological polar surface area (TPSA) is 163 Å². The van der Waals surface area contributed by atoms with E-state index in [1.54, 1.807) is 0 Å². The van der Waals surface area contributed by atoms with E-state index >= 15 is 0 Å². The van der Waals surface area contributed by atoms with Gasteiger partial charge in [-0.15, -0.1) is 0 Å². The maximum Gasteiger partial charge on any atom is 0.303 e. The predicted octanol–water partition coefficient (Wildman–Crippen LogP) is 0.380. The monoisotopic (exact) mass is 373 g/mol. The molecule has 0 aliphatic carbocycles. The fourth-order valence-corrected chi connectivity index (χ4v) is 2.35. The number of ether oxygens (including phenoxy) is 5. The Morgan fingerprint density at radius 1 is 0.885 bits per heavy atom. The molecule has 1 rings (SSSR count). The number of rotatable bonds is 6. The second-order valence-electron chi connectivity index (χ2n) is 5.29. The van der Waals surface area contributed by atoms with Crippen molar-refractivity contribution in [1.82, 2.24) is 0 Å². The molecule has 12 nitrogen and oxygen atoms in total. The van der Waals surface area contributed by atoms with Crippen LogP contribution in [0.25, 0.3) is 10.4 Å². The lowest BCUT2D eigenvalue weighted by Gasteiger charge is -2.43. The molecule has 1 fully saturated rings. The van der Waals surface area contributed by atoms with Gasteiger partial charge in [0.1, 0.15) is 12.7 Å². The van der Waals surface area contributed by atoms with Gasteiger partial charge in [-0.25, -0.2) is 0 Å². The van der Waals surface area contributed by atoms with Crippen LogP contribution in [0.3, 0.4) is 0 Å². The van der Waals surface area contributed by atoms with Crippen LogP contribution in [0, 0.1) is 0 Å². The van der Waals surface area contributed by atoms with E-state index in [-0.39, 0.29) is 6.61 Å². The molecule has 0 radical (unpaired) electrons. The molecule has 1 aliphatic heterocycles. The molecule has 0 spiro atoms. The van der Waals surface area contributed by atoms with E-state index in [0.717, 1.165) is 27.7 Å². The summed E-state index contributed by atoms with van der Waals surface area (Å²) < 4.78 is 25.6. The molecule has 0 aromatic heterocycles. The second kappa shape index (κ2) is 9.59. The molecule has 1 saturated heterocycles. The van der Waals surface area contributed by atoms with Gasteiger partial charge in [0.05, 0.1) is 0 Å². The molecule has 12 heteroatoms. The molecular formula is C14H19N3O9. The number of hydrogen-bond donors (Lipinski definition) is 0. The van der Waals surface area contributed by atoms with E-state index < -0.39 is 54.5 Å². The molecular weight excluding hydrogens is 354 g/mol. The summed E-state index contributed by atoms with van der Waals surface area (Å²) in [4.78, 5) is 48.0. The Morgan fingerprint density at radius 2 is 1.38 bits per heavy atom. The first-order valence-corrected chi connectivity index (χ1v) is 7.50. The Kier molecular flexibility index (Phi) is 7.81. The van der Waals surface area contributed by atoms with Crippen LogP contribution in [-0.4, -0.2) is 61.1 Å². The van der Waals surface area contributed by atoms with Gasteiger partial charge in [0.15, 0.2) is 24.5 Å². The van der Waals surface area contributed by atoms with Crippen molar-refractivity contribution >= 4 is 23.9 Å². The maximum absolute atomic E-state index is 11.5. The number of hydrogen-bond acceptors (Lipinski definition) is 10. The molecule has 26 heavy (non-hydrogen) atoms. The van der Waals surface area contributed by atoms with Gasteiger partial charge in [-0.1, -0.05) is 5.11 Å². The van der Waals surface area contributed by atoms with Gasteiger partial charge >= 0.3 is 23.9 Å². The van der Waals surface area contributed by atoms with Crippen molar-refractivity contribution in [2.45, 2.75) is 58.3 Å². The van der Waals surface area contributed by atoms with Crippen LogP contribution in [0.15, 0.2) is 5.11 Å². The average molecular weight is 373 g/mol. The summed E-state index contributed by atoms with van der Waals surface area (Å²) in [6.07, 6.45) is -6.52. The summed E-state index contributed by atoms with van der Waals surface area (Å²) in [7, 11) is 0. The van der Waals surface area contributed by atoms with E-state index in [1.807, 2.05) is 0 Å². The van der Waals surface area contributed by atoms with Crippen LogP contribution in [0.5, 0.6) is 0 Å². The molecule has 0 aromatic rings. The van der Waals surface area contributed by atoms with Gasteiger partial charge in [0.25, 0.3) is 0 Å². The second-order valence-corrected chi connectivity index (χ2v) is 5.29. The number of azide groups is 1. The van der Waals surface area contributed by atoms with Gasteiger partial charge in [0, 0.05) is 32.6 Å². The molecule has 0 aromatic carbocycles. The third-order valence-corrected chi connectivity index (χ3v) is 3.13. The highest BCUT2D eigenvalue weighted by molar-refractivity contribution is 5.68. The molecule has 0 N–H and O–H groups in total. The van der Waals surface area contributed by atoms with Crippen molar-refractivity contribution in [3.8, 4) is 0 Å². The van der Waals surface area contributed by atoms with Crippen molar-refractivity contribution in [1.29, 1.82) is 0 Å². The minimum absolute atomic E-state index is 0.380.